The molecule has 0 spiro atoms. The van der Waals surface area contributed by atoms with Gasteiger partial charge in [-0.05, 0) is 32.5 Å². The third-order valence-electron chi connectivity index (χ3n) is 3.85. The Kier molecular flexibility index (Phi) is 5.42. The van der Waals surface area contributed by atoms with Crippen molar-refractivity contribution in [2.75, 3.05) is 38.5 Å². The fraction of sp³-hybridized carbons (Fsp3) is 0.600. The first-order valence-electron chi connectivity index (χ1n) is 7.42. The molecular weight excluding hydrogens is 288 g/mol. The minimum absolute atomic E-state index is 0.0832. The van der Waals surface area contributed by atoms with Gasteiger partial charge in [-0.2, -0.15) is 0 Å². The van der Waals surface area contributed by atoms with Crippen LogP contribution in [0.5, 0.6) is 0 Å². The number of amides is 1. The van der Waals surface area contributed by atoms with Crippen LogP contribution >= 0.6 is 11.6 Å². The minimum atomic E-state index is -0.0832. The molecule has 0 radical (unpaired) electrons. The molecule has 1 saturated heterocycles. The summed E-state index contributed by atoms with van der Waals surface area (Å²) in [7, 11) is 2.08. The number of carbonyl (C=O) groups excluding carboxylic acids is 1. The number of piperazine rings is 1. The normalized spacial score (nSPS) is 19.6. The van der Waals surface area contributed by atoms with Gasteiger partial charge in [0.1, 0.15) is 11.5 Å². The number of rotatable bonds is 4. The second-order valence-corrected chi connectivity index (χ2v) is 5.94. The number of pyridine rings is 1. The SMILES string of the molecule is CCCNc1ccc(Cl)c(C(=O)N2CCN(C)C(C)C2)n1. The molecule has 116 valence electrons. The maximum Gasteiger partial charge on any atom is 0.274 e. The highest BCUT2D eigenvalue weighted by atomic mass is 35.5. The van der Waals surface area contributed by atoms with Gasteiger partial charge in [-0.3, -0.25) is 4.79 Å². The van der Waals surface area contributed by atoms with Crippen molar-refractivity contribution in [1.29, 1.82) is 0 Å². The van der Waals surface area contributed by atoms with E-state index in [0.717, 1.165) is 19.5 Å². The van der Waals surface area contributed by atoms with Gasteiger partial charge in [-0.15, -0.1) is 0 Å². The molecule has 0 bridgehead atoms. The zero-order valence-electron chi connectivity index (χ0n) is 12.9. The maximum absolute atomic E-state index is 12.6. The lowest BCUT2D eigenvalue weighted by Gasteiger charge is -2.37. The van der Waals surface area contributed by atoms with E-state index >= 15 is 0 Å². The standard InChI is InChI=1S/C15H23ClN4O/c1-4-7-17-13-6-5-12(16)14(18-13)15(21)20-9-8-19(3)11(2)10-20/h5-6,11H,4,7-10H2,1-3H3,(H,17,18). The fourth-order valence-electron chi connectivity index (χ4n) is 2.33. The molecule has 1 aromatic heterocycles. The molecule has 21 heavy (non-hydrogen) atoms. The van der Waals surface area contributed by atoms with E-state index in [9.17, 15) is 4.79 Å². The lowest BCUT2D eigenvalue weighted by molar-refractivity contribution is 0.0567. The minimum Gasteiger partial charge on any atom is -0.370 e. The molecule has 1 unspecified atom stereocenters. The molecule has 6 heteroatoms. The van der Waals surface area contributed by atoms with E-state index in [1.165, 1.54) is 0 Å². The molecule has 0 saturated carbocycles. The number of carbonyl (C=O) groups is 1. The monoisotopic (exact) mass is 310 g/mol. The summed E-state index contributed by atoms with van der Waals surface area (Å²) in [5.41, 5.74) is 0.342. The van der Waals surface area contributed by atoms with Crippen LogP contribution in [0.3, 0.4) is 0 Å². The Balaban J connectivity index is 2.14. The predicted molar refractivity (Wildman–Crippen MR) is 86.0 cm³/mol. The summed E-state index contributed by atoms with van der Waals surface area (Å²) in [6.45, 7) is 7.32. The number of anilines is 1. The quantitative estimate of drug-likeness (QED) is 0.927. The largest absolute Gasteiger partial charge is 0.370 e. The van der Waals surface area contributed by atoms with E-state index in [2.05, 4.69) is 36.1 Å². The zero-order valence-corrected chi connectivity index (χ0v) is 13.7. The van der Waals surface area contributed by atoms with E-state index in [0.29, 0.717) is 35.7 Å². The van der Waals surface area contributed by atoms with E-state index in [4.69, 9.17) is 11.6 Å². The number of hydrogen-bond acceptors (Lipinski definition) is 4. The first-order chi connectivity index (χ1) is 10.0. The topological polar surface area (TPSA) is 48.5 Å². The van der Waals surface area contributed by atoms with Crippen LogP contribution in [0.25, 0.3) is 0 Å². The number of halogens is 1. The molecule has 1 aliphatic rings. The van der Waals surface area contributed by atoms with Crippen molar-refractivity contribution in [2.45, 2.75) is 26.3 Å². The van der Waals surface area contributed by atoms with E-state index in [1.807, 2.05) is 4.90 Å². The Morgan fingerprint density at radius 3 is 2.90 bits per heavy atom. The molecular formula is C15H23ClN4O. The van der Waals surface area contributed by atoms with E-state index in [-0.39, 0.29) is 5.91 Å². The van der Waals surface area contributed by atoms with Crippen molar-refractivity contribution in [1.82, 2.24) is 14.8 Å². The number of aromatic nitrogens is 1. The number of nitrogens with zero attached hydrogens (tertiary/aromatic N) is 3. The van der Waals surface area contributed by atoms with Crippen LogP contribution in [0.2, 0.25) is 5.02 Å². The molecule has 0 aliphatic carbocycles. The van der Waals surface area contributed by atoms with Crippen molar-refractivity contribution in [2.24, 2.45) is 0 Å². The summed E-state index contributed by atoms with van der Waals surface area (Å²) in [6.07, 6.45) is 1.00. The van der Waals surface area contributed by atoms with Gasteiger partial charge in [0.25, 0.3) is 5.91 Å². The summed E-state index contributed by atoms with van der Waals surface area (Å²) in [5.74, 6) is 0.617. The number of likely N-dealkylation sites (N-methyl/N-ethyl adjacent to an activating group) is 1. The van der Waals surface area contributed by atoms with Crippen LogP contribution < -0.4 is 5.32 Å². The van der Waals surface area contributed by atoms with Crippen LogP contribution in [0, 0.1) is 0 Å². The molecule has 1 aromatic rings. The Hall–Kier alpha value is -1.33. The van der Waals surface area contributed by atoms with Crippen LogP contribution in [-0.2, 0) is 0 Å². The fourth-order valence-corrected chi connectivity index (χ4v) is 2.51. The summed E-state index contributed by atoms with van der Waals surface area (Å²) in [4.78, 5) is 21.1. The molecule has 1 fully saturated rings. The maximum atomic E-state index is 12.6. The lowest BCUT2D eigenvalue weighted by atomic mass is 10.2. The molecule has 2 heterocycles. The van der Waals surface area contributed by atoms with Crippen molar-refractivity contribution in [3.05, 3.63) is 22.8 Å². The van der Waals surface area contributed by atoms with Crippen LogP contribution in [0.1, 0.15) is 30.8 Å². The number of hydrogen-bond donors (Lipinski definition) is 1. The van der Waals surface area contributed by atoms with Crippen LogP contribution in [0.4, 0.5) is 5.82 Å². The Bertz CT molecular complexity index is 508. The first-order valence-corrected chi connectivity index (χ1v) is 7.80. The molecule has 2 rings (SSSR count). The van der Waals surface area contributed by atoms with Gasteiger partial charge < -0.3 is 15.1 Å². The Morgan fingerprint density at radius 2 is 2.24 bits per heavy atom. The molecule has 1 N–H and O–H groups in total. The second kappa shape index (κ2) is 7.09. The van der Waals surface area contributed by atoms with Gasteiger partial charge in [0, 0.05) is 32.2 Å². The van der Waals surface area contributed by atoms with Crippen molar-refractivity contribution >= 4 is 23.3 Å². The van der Waals surface area contributed by atoms with Gasteiger partial charge in [0.2, 0.25) is 0 Å². The Morgan fingerprint density at radius 1 is 1.48 bits per heavy atom. The van der Waals surface area contributed by atoms with Crippen molar-refractivity contribution in [3.8, 4) is 0 Å². The third-order valence-corrected chi connectivity index (χ3v) is 4.16. The van der Waals surface area contributed by atoms with E-state index in [1.54, 1.807) is 12.1 Å². The summed E-state index contributed by atoms with van der Waals surface area (Å²) in [6, 6.07) is 3.89. The zero-order chi connectivity index (χ0) is 15.4. The second-order valence-electron chi connectivity index (χ2n) is 5.53. The van der Waals surface area contributed by atoms with Gasteiger partial charge in [0.15, 0.2) is 0 Å². The molecule has 1 amide bonds. The van der Waals surface area contributed by atoms with Gasteiger partial charge in [-0.25, -0.2) is 4.98 Å². The van der Waals surface area contributed by atoms with Gasteiger partial charge >= 0.3 is 0 Å². The van der Waals surface area contributed by atoms with E-state index < -0.39 is 0 Å². The lowest BCUT2D eigenvalue weighted by Crippen LogP contribution is -2.52. The molecule has 1 atom stereocenters. The predicted octanol–water partition coefficient (Wildman–Crippen LogP) is 2.33. The highest BCUT2D eigenvalue weighted by molar-refractivity contribution is 6.33. The summed E-state index contributed by atoms with van der Waals surface area (Å²) >= 11 is 6.16. The summed E-state index contributed by atoms with van der Waals surface area (Å²) < 4.78 is 0. The highest BCUT2D eigenvalue weighted by Gasteiger charge is 2.27. The van der Waals surface area contributed by atoms with Crippen LogP contribution in [0.15, 0.2) is 12.1 Å². The average molecular weight is 311 g/mol. The summed E-state index contributed by atoms with van der Waals surface area (Å²) in [5, 5.41) is 3.60. The molecule has 1 aliphatic heterocycles. The van der Waals surface area contributed by atoms with Crippen molar-refractivity contribution in [3.63, 3.8) is 0 Å². The van der Waals surface area contributed by atoms with Gasteiger partial charge in [0.05, 0.1) is 5.02 Å². The third kappa shape index (κ3) is 3.86. The molecule has 5 nitrogen and oxygen atoms in total. The highest BCUT2D eigenvalue weighted by Crippen LogP contribution is 2.20. The Labute approximate surface area is 131 Å². The first kappa shape index (κ1) is 16.0. The van der Waals surface area contributed by atoms with Gasteiger partial charge in [-0.1, -0.05) is 18.5 Å². The molecule has 0 aromatic carbocycles. The smallest absolute Gasteiger partial charge is 0.274 e. The number of nitrogens with one attached hydrogen (secondary N) is 1. The van der Waals surface area contributed by atoms with Crippen LogP contribution in [-0.4, -0.2) is 60.0 Å². The average Bonchev–Trinajstić information content (AvgIpc) is 2.48. The van der Waals surface area contributed by atoms with Crippen molar-refractivity contribution < 1.29 is 4.79 Å².